The topological polar surface area (TPSA) is 36.8 Å². The van der Waals surface area contributed by atoms with E-state index in [9.17, 15) is 0 Å². The summed E-state index contributed by atoms with van der Waals surface area (Å²) in [5.74, 6) is 0. The third-order valence-electron chi connectivity index (χ3n) is 5.27. The Morgan fingerprint density at radius 1 is 1.13 bits per heavy atom. The van der Waals surface area contributed by atoms with Crippen LogP contribution in [0, 0.1) is 13.8 Å². The van der Waals surface area contributed by atoms with Crippen LogP contribution < -0.4 is 5.32 Å². The van der Waals surface area contributed by atoms with Crippen LogP contribution in [0.15, 0.2) is 64.0 Å². The van der Waals surface area contributed by atoms with Gasteiger partial charge in [-0.3, -0.25) is 4.99 Å². The first kappa shape index (κ1) is 27.0. The molecule has 1 aromatic carbocycles. The maximum atomic E-state index is 4.89. The maximum absolute atomic E-state index is 4.89. The zero-order valence-electron chi connectivity index (χ0n) is 20.8. The normalized spacial score (nSPS) is 13.0. The number of benzene rings is 1. The van der Waals surface area contributed by atoms with Gasteiger partial charge in [-0.25, -0.2) is 4.99 Å². The van der Waals surface area contributed by atoms with Gasteiger partial charge in [0.1, 0.15) is 0 Å². The van der Waals surface area contributed by atoms with Gasteiger partial charge in [0.2, 0.25) is 0 Å². The van der Waals surface area contributed by atoms with E-state index in [1.165, 1.54) is 22.9 Å². The summed E-state index contributed by atoms with van der Waals surface area (Å²) in [7, 11) is 0.156. The second-order valence-corrected chi connectivity index (χ2v) is 11.1. The van der Waals surface area contributed by atoms with Crippen molar-refractivity contribution in [2.24, 2.45) is 9.98 Å². The Hall–Kier alpha value is -1.99. The smallest absolute Gasteiger partial charge is 0.0871 e. The number of nitrogens with one attached hydrogen (secondary N) is 1. The molecule has 31 heavy (non-hydrogen) atoms. The molecule has 0 spiro atoms. The molecule has 0 aliphatic rings. The Labute approximate surface area is 192 Å². The first-order valence-corrected chi connectivity index (χ1v) is 13.6. The van der Waals surface area contributed by atoms with Crippen molar-refractivity contribution in [3.05, 3.63) is 70.7 Å². The van der Waals surface area contributed by atoms with E-state index in [1.807, 2.05) is 27.0 Å². The molecule has 3 nitrogen and oxygen atoms in total. The van der Waals surface area contributed by atoms with E-state index in [2.05, 4.69) is 68.8 Å². The molecule has 0 aliphatic heterocycles. The summed E-state index contributed by atoms with van der Waals surface area (Å²) in [5, 5.41) is 3.42. The Kier molecular flexibility index (Phi) is 12.3. The lowest BCUT2D eigenvalue weighted by molar-refractivity contribution is 0.795. The van der Waals surface area contributed by atoms with E-state index in [1.54, 1.807) is 0 Å². The summed E-state index contributed by atoms with van der Waals surface area (Å²) in [5.41, 5.74) is 8.67. The number of aryl methyl sites for hydroxylation is 3. The molecule has 1 aromatic rings. The predicted molar refractivity (Wildman–Crippen MR) is 143 cm³/mol. The standard InChI is InChI=1S/C27H42N3P/c1-10-28-25(7)27(30-24(6)23(5)29-17-12-18-31(8)9)22(4)13-11-14-26-19-20(2)15-16-21(26)3/h10,15-16,19,29H,4-5,11-14,17-18H2,1-3,6-9H3/b27-25+,28-10-,30-24+. The van der Waals surface area contributed by atoms with Crippen molar-refractivity contribution in [3.63, 3.8) is 0 Å². The largest absolute Gasteiger partial charge is 0.384 e. The Bertz CT molecular complexity index is 844. The monoisotopic (exact) mass is 439 g/mol. The molecule has 0 heterocycles. The van der Waals surface area contributed by atoms with Gasteiger partial charge in [-0.05, 0) is 96.5 Å². The van der Waals surface area contributed by atoms with Gasteiger partial charge in [0.25, 0.3) is 0 Å². The summed E-state index contributed by atoms with van der Waals surface area (Å²) < 4.78 is 0. The maximum Gasteiger partial charge on any atom is 0.0871 e. The molecule has 170 valence electrons. The van der Waals surface area contributed by atoms with Gasteiger partial charge in [0, 0.05) is 18.5 Å². The third-order valence-corrected chi connectivity index (χ3v) is 6.48. The Morgan fingerprint density at radius 2 is 1.84 bits per heavy atom. The molecule has 1 N–H and O–H groups in total. The highest BCUT2D eigenvalue weighted by Crippen LogP contribution is 2.25. The highest BCUT2D eigenvalue weighted by Gasteiger charge is 2.09. The Balaban J connectivity index is 2.82. The fraction of sp³-hybridized carbons (Fsp3) is 0.481. The van der Waals surface area contributed by atoms with E-state index >= 15 is 0 Å². The minimum atomic E-state index is 0.156. The molecule has 0 saturated heterocycles. The zero-order chi connectivity index (χ0) is 23.4. The van der Waals surface area contributed by atoms with Gasteiger partial charge in [0.15, 0.2) is 0 Å². The van der Waals surface area contributed by atoms with Gasteiger partial charge in [0.05, 0.1) is 17.1 Å². The number of aliphatic imine (C=N–C) groups is 2. The van der Waals surface area contributed by atoms with Crippen LogP contribution in [0.3, 0.4) is 0 Å². The summed E-state index contributed by atoms with van der Waals surface area (Å²) in [6, 6.07) is 6.67. The van der Waals surface area contributed by atoms with Crippen LogP contribution >= 0.6 is 7.92 Å². The molecular weight excluding hydrogens is 397 g/mol. The van der Waals surface area contributed by atoms with Crippen LogP contribution in [0.2, 0.25) is 0 Å². The number of rotatable bonds is 13. The van der Waals surface area contributed by atoms with Gasteiger partial charge in [-0.1, -0.05) is 36.9 Å². The number of nitrogens with zero attached hydrogens (tertiary/aromatic N) is 2. The third kappa shape index (κ3) is 10.2. The first-order valence-electron chi connectivity index (χ1n) is 11.2. The average Bonchev–Trinajstić information content (AvgIpc) is 2.71. The number of hydrogen-bond donors (Lipinski definition) is 1. The van der Waals surface area contributed by atoms with Crippen LogP contribution in [-0.2, 0) is 6.42 Å². The second kappa shape index (κ2) is 14.1. The first-order chi connectivity index (χ1) is 14.6. The van der Waals surface area contributed by atoms with Crippen LogP contribution in [-0.4, -0.2) is 38.0 Å². The molecule has 0 fully saturated rings. The van der Waals surface area contributed by atoms with E-state index in [4.69, 9.17) is 4.99 Å². The van der Waals surface area contributed by atoms with Crippen molar-refractivity contribution < 1.29 is 0 Å². The van der Waals surface area contributed by atoms with Crippen molar-refractivity contribution in [2.75, 3.05) is 26.0 Å². The summed E-state index contributed by atoms with van der Waals surface area (Å²) in [6.07, 6.45) is 7.23. The average molecular weight is 440 g/mol. The molecule has 1 rings (SSSR count). The molecule has 0 atom stereocenters. The van der Waals surface area contributed by atoms with Crippen LogP contribution in [0.25, 0.3) is 0 Å². The fourth-order valence-corrected chi connectivity index (χ4v) is 4.14. The van der Waals surface area contributed by atoms with E-state index in [0.717, 1.165) is 60.6 Å². The zero-order valence-corrected chi connectivity index (χ0v) is 21.7. The molecule has 0 bridgehead atoms. The molecule has 0 radical (unpaired) electrons. The summed E-state index contributed by atoms with van der Waals surface area (Å²) >= 11 is 0. The van der Waals surface area contributed by atoms with Crippen molar-refractivity contribution in [1.29, 1.82) is 0 Å². The van der Waals surface area contributed by atoms with Gasteiger partial charge >= 0.3 is 0 Å². The minimum absolute atomic E-state index is 0.156. The van der Waals surface area contributed by atoms with Gasteiger partial charge in [-0.15, -0.1) is 7.92 Å². The van der Waals surface area contributed by atoms with Crippen molar-refractivity contribution in [1.82, 2.24) is 5.32 Å². The summed E-state index contributed by atoms with van der Waals surface area (Å²) in [6.45, 7) is 24.4. The van der Waals surface area contributed by atoms with Crippen LogP contribution in [0.5, 0.6) is 0 Å². The van der Waals surface area contributed by atoms with Crippen LogP contribution in [0.1, 0.15) is 56.7 Å². The number of allylic oxidation sites excluding steroid dienone is 3. The second-order valence-electron chi connectivity index (χ2n) is 8.47. The van der Waals surface area contributed by atoms with Crippen molar-refractivity contribution >= 4 is 19.8 Å². The molecule has 0 aliphatic carbocycles. The lowest BCUT2D eigenvalue weighted by atomic mass is 9.98. The van der Waals surface area contributed by atoms with Crippen molar-refractivity contribution in [2.45, 2.75) is 60.3 Å². The Morgan fingerprint density at radius 3 is 2.48 bits per heavy atom. The highest BCUT2D eigenvalue weighted by atomic mass is 31.1. The predicted octanol–water partition coefficient (Wildman–Crippen LogP) is 7.20. The molecular formula is C27H42N3P. The SMILES string of the molecule is C=C(NCCCP(C)C)/C(C)=N/C(C(=C)CCCc1cc(C)ccc1C)=C(C)/N=C\C. The highest BCUT2D eigenvalue weighted by molar-refractivity contribution is 7.55. The summed E-state index contributed by atoms with van der Waals surface area (Å²) in [4.78, 5) is 9.37. The fourth-order valence-electron chi connectivity index (χ4n) is 3.35. The van der Waals surface area contributed by atoms with E-state index in [-0.39, 0.29) is 7.92 Å². The molecule has 0 saturated carbocycles. The molecule has 0 unspecified atom stereocenters. The van der Waals surface area contributed by atoms with Gasteiger partial charge in [-0.2, -0.15) is 0 Å². The van der Waals surface area contributed by atoms with Gasteiger partial charge < -0.3 is 5.32 Å². The quantitative estimate of drug-likeness (QED) is 0.150. The van der Waals surface area contributed by atoms with E-state index < -0.39 is 0 Å². The molecule has 0 aromatic heterocycles. The van der Waals surface area contributed by atoms with E-state index in [0.29, 0.717) is 0 Å². The lowest BCUT2D eigenvalue weighted by Gasteiger charge is -2.14. The molecule has 4 heteroatoms. The number of hydrogen-bond acceptors (Lipinski definition) is 3. The minimum Gasteiger partial charge on any atom is -0.384 e. The molecule has 0 amide bonds. The van der Waals surface area contributed by atoms with Crippen LogP contribution in [0.4, 0.5) is 0 Å². The van der Waals surface area contributed by atoms with Crippen molar-refractivity contribution in [3.8, 4) is 0 Å². The lowest BCUT2D eigenvalue weighted by Crippen LogP contribution is -2.20.